The summed E-state index contributed by atoms with van der Waals surface area (Å²) in [5.41, 5.74) is 1.38. The van der Waals surface area contributed by atoms with Gasteiger partial charge in [0.15, 0.2) is 5.13 Å². The molecule has 0 atom stereocenters. The summed E-state index contributed by atoms with van der Waals surface area (Å²) in [6.07, 6.45) is 0.867. The summed E-state index contributed by atoms with van der Waals surface area (Å²) >= 11 is 20.6. The van der Waals surface area contributed by atoms with Gasteiger partial charge >= 0.3 is 0 Å². The van der Waals surface area contributed by atoms with Crippen LogP contribution in [0.25, 0.3) is 11.3 Å². The molecule has 0 aliphatic carbocycles. The normalized spacial score (nSPS) is 15.8. The van der Waals surface area contributed by atoms with Crippen molar-refractivity contribution in [1.29, 1.82) is 0 Å². The highest BCUT2D eigenvalue weighted by Crippen LogP contribution is 2.39. The Morgan fingerprint density at radius 1 is 1.13 bits per heavy atom. The van der Waals surface area contributed by atoms with Gasteiger partial charge in [-0.15, -0.1) is 22.7 Å². The van der Waals surface area contributed by atoms with E-state index in [4.69, 9.17) is 34.8 Å². The Kier molecular flexibility index (Phi) is 6.93. The lowest BCUT2D eigenvalue weighted by atomic mass is 9.97. The van der Waals surface area contributed by atoms with Gasteiger partial charge in [-0.3, -0.25) is 4.79 Å². The predicted molar refractivity (Wildman–Crippen MR) is 127 cm³/mol. The van der Waals surface area contributed by atoms with Crippen LogP contribution in [-0.2, 0) is 14.8 Å². The van der Waals surface area contributed by atoms with Crippen LogP contribution in [0.15, 0.2) is 40.6 Å². The number of carbonyl (C=O) groups excluding carboxylic acids is 1. The summed E-state index contributed by atoms with van der Waals surface area (Å²) in [5, 5.41) is 5.58. The maximum atomic E-state index is 12.8. The van der Waals surface area contributed by atoms with Gasteiger partial charge in [-0.05, 0) is 43.2 Å². The fraction of sp³-hybridized carbons (Fsp3) is 0.263. The second kappa shape index (κ2) is 9.35. The second-order valence-corrected chi connectivity index (χ2v) is 12.4. The summed E-state index contributed by atoms with van der Waals surface area (Å²) in [6.45, 7) is 0.546. The third-order valence-corrected chi connectivity index (χ3v) is 9.35. The average Bonchev–Trinajstić information content (AvgIpc) is 3.33. The third-order valence-electron chi connectivity index (χ3n) is 4.94. The Morgan fingerprint density at radius 3 is 2.42 bits per heavy atom. The van der Waals surface area contributed by atoms with Crippen molar-refractivity contribution in [2.24, 2.45) is 5.92 Å². The van der Waals surface area contributed by atoms with Gasteiger partial charge in [-0.1, -0.05) is 34.8 Å². The molecule has 4 rings (SSSR count). The third kappa shape index (κ3) is 5.08. The van der Waals surface area contributed by atoms with E-state index < -0.39 is 10.0 Å². The van der Waals surface area contributed by atoms with E-state index in [0.29, 0.717) is 37.4 Å². The maximum absolute atomic E-state index is 12.8. The number of carbonyl (C=O) groups is 1. The molecule has 0 spiro atoms. The van der Waals surface area contributed by atoms with Gasteiger partial charge in [0.2, 0.25) is 15.9 Å². The molecule has 6 nitrogen and oxygen atoms in total. The van der Waals surface area contributed by atoms with E-state index in [9.17, 15) is 13.2 Å². The lowest BCUT2D eigenvalue weighted by molar-refractivity contribution is -0.120. The van der Waals surface area contributed by atoms with Crippen LogP contribution in [0.5, 0.6) is 0 Å². The zero-order chi connectivity index (χ0) is 22.2. The Labute approximate surface area is 202 Å². The Balaban J connectivity index is 1.37. The number of amides is 1. The smallest absolute Gasteiger partial charge is 0.243 e. The number of thiazole rings is 1. The van der Waals surface area contributed by atoms with E-state index in [1.54, 1.807) is 23.6 Å². The first-order valence-corrected chi connectivity index (χ1v) is 13.5. The number of benzene rings is 1. The van der Waals surface area contributed by atoms with Crippen molar-refractivity contribution in [3.05, 3.63) is 49.4 Å². The number of aromatic nitrogens is 1. The molecule has 1 amide bonds. The van der Waals surface area contributed by atoms with E-state index >= 15 is 0 Å². The molecule has 164 valence electrons. The molecule has 1 aromatic carbocycles. The fourth-order valence-electron chi connectivity index (χ4n) is 3.29. The van der Waals surface area contributed by atoms with Crippen molar-refractivity contribution in [3.8, 4) is 11.3 Å². The summed E-state index contributed by atoms with van der Waals surface area (Å²) in [6, 6.07) is 7.82. The molecule has 1 N–H and O–H groups in total. The number of nitrogens with zero attached hydrogens (tertiary/aromatic N) is 2. The van der Waals surface area contributed by atoms with Crippen LogP contribution in [0, 0.1) is 5.92 Å². The van der Waals surface area contributed by atoms with Crippen LogP contribution in [0.3, 0.4) is 0 Å². The molecule has 3 aromatic rings. The zero-order valence-electron chi connectivity index (χ0n) is 15.8. The van der Waals surface area contributed by atoms with Crippen molar-refractivity contribution >= 4 is 78.5 Å². The molecule has 1 saturated heterocycles. The molecule has 0 saturated carbocycles. The predicted octanol–water partition coefficient (Wildman–Crippen LogP) is 5.87. The van der Waals surface area contributed by atoms with Crippen molar-refractivity contribution in [1.82, 2.24) is 9.29 Å². The molecule has 0 radical (unpaired) electrons. The van der Waals surface area contributed by atoms with Crippen molar-refractivity contribution < 1.29 is 13.2 Å². The number of hydrogen-bond donors (Lipinski definition) is 1. The standard InChI is InChI=1S/C19H16Cl3N3O3S3/c20-12-1-3-13(4-2-12)31(27,28)25-7-5-11(6-8-25)18(26)24-19-23-15(10-29-19)14-9-16(21)30-17(14)22/h1-4,9-11H,5-8H2,(H,23,24,26). The van der Waals surface area contributed by atoms with Crippen molar-refractivity contribution in [2.75, 3.05) is 18.4 Å². The van der Waals surface area contributed by atoms with Crippen LogP contribution in [0.4, 0.5) is 5.13 Å². The highest BCUT2D eigenvalue weighted by atomic mass is 35.5. The highest BCUT2D eigenvalue weighted by Gasteiger charge is 2.32. The SMILES string of the molecule is O=C(Nc1nc(-c2cc(Cl)sc2Cl)cs1)C1CCN(S(=O)(=O)c2ccc(Cl)cc2)CC1. The molecule has 1 fully saturated rings. The Morgan fingerprint density at radius 2 is 1.81 bits per heavy atom. The Hall–Kier alpha value is -1.20. The van der Waals surface area contributed by atoms with Crippen LogP contribution in [0.1, 0.15) is 12.8 Å². The van der Waals surface area contributed by atoms with E-state index in [2.05, 4.69) is 10.3 Å². The summed E-state index contributed by atoms with van der Waals surface area (Å²) in [4.78, 5) is 17.3. The van der Waals surface area contributed by atoms with Crippen molar-refractivity contribution in [3.63, 3.8) is 0 Å². The molecule has 1 aliphatic heterocycles. The molecule has 3 heterocycles. The number of hydrogen-bond acceptors (Lipinski definition) is 6. The van der Waals surface area contributed by atoms with Crippen LogP contribution in [-0.4, -0.2) is 36.7 Å². The number of anilines is 1. The number of nitrogens with one attached hydrogen (secondary N) is 1. The van der Waals surface area contributed by atoms with Gasteiger partial charge in [0.05, 0.1) is 14.9 Å². The lowest BCUT2D eigenvalue weighted by Crippen LogP contribution is -2.41. The molecule has 2 aromatic heterocycles. The largest absolute Gasteiger partial charge is 0.302 e. The molecule has 1 aliphatic rings. The quantitative estimate of drug-likeness (QED) is 0.442. The molecule has 31 heavy (non-hydrogen) atoms. The molecule has 0 unspecified atom stereocenters. The molecule has 0 bridgehead atoms. The van der Waals surface area contributed by atoms with Gasteiger partial charge in [-0.2, -0.15) is 4.31 Å². The number of sulfonamides is 1. The average molecular weight is 537 g/mol. The van der Waals surface area contributed by atoms with Crippen LogP contribution >= 0.6 is 57.5 Å². The minimum atomic E-state index is -3.61. The minimum Gasteiger partial charge on any atom is -0.302 e. The van der Waals surface area contributed by atoms with E-state index in [1.807, 2.05) is 0 Å². The zero-order valence-corrected chi connectivity index (χ0v) is 20.6. The number of piperidine rings is 1. The van der Waals surface area contributed by atoms with Gasteiger partial charge in [-0.25, -0.2) is 13.4 Å². The minimum absolute atomic E-state index is 0.168. The molecule has 12 heteroatoms. The van der Waals surface area contributed by atoms with Gasteiger partial charge < -0.3 is 5.32 Å². The van der Waals surface area contributed by atoms with Crippen molar-refractivity contribution in [2.45, 2.75) is 17.7 Å². The first kappa shape index (κ1) is 23.0. The topological polar surface area (TPSA) is 79.4 Å². The first-order chi connectivity index (χ1) is 14.7. The second-order valence-electron chi connectivity index (χ2n) is 6.90. The summed E-state index contributed by atoms with van der Waals surface area (Å²) in [7, 11) is -3.61. The number of rotatable bonds is 5. The highest BCUT2D eigenvalue weighted by molar-refractivity contribution is 7.89. The molecular formula is C19H16Cl3N3O3S3. The van der Waals surface area contributed by atoms with Gasteiger partial charge in [0.25, 0.3) is 0 Å². The number of halogens is 3. The fourth-order valence-corrected chi connectivity index (χ4v) is 7.08. The van der Waals surface area contributed by atoms with Gasteiger partial charge in [0, 0.05) is 35.0 Å². The van der Waals surface area contributed by atoms with Crippen LogP contribution < -0.4 is 5.32 Å². The number of thiophene rings is 1. The Bertz CT molecular complexity index is 1200. The first-order valence-electron chi connectivity index (χ1n) is 9.21. The molecular weight excluding hydrogens is 521 g/mol. The van der Waals surface area contributed by atoms with E-state index in [-0.39, 0.29) is 29.8 Å². The lowest BCUT2D eigenvalue weighted by Gasteiger charge is -2.30. The van der Waals surface area contributed by atoms with E-state index in [0.717, 1.165) is 5.56 Å². The monoisotopic (exact) mass is 535 g/mol. The van der Waals surface area contributed by atoms with Gasteiger partial charge in [0.1, 0.15) is 4.34 Å². The summed E-state index contributed by atoms with van der Waals surface area (Å²) in [5.74, 6) is -0.456. The maximum Gasteiger partial charge on any atom is 0.243 e. The summed E-state index contributed by atoms with van der Waals surface area (Å²) < 4.78 is 28.1. The van der Waals surface area contributed by atoms with Crippen LogP contribution in [0.2, 0.25) is 13.7 Å². The van der Waals surface area contributed by atoms with E-state index in [1.165, 1.54) is 39.1 Å².